The van der Waals surface area contributed by atoms with Crippen LogP contribution in [0.1, 0.15) is 53.5 Å². The highest BCUT2D eigenvalue weighted by Crippen LogP contribution is 2.33. The van der Waals surface area contributed by atoms with Crippen LogP contribution in [-0.2, 0) is 22.5 Å². The number of aryl methyl sites for hydroxylation is 2. The number of fused-ring (bicyclic) bond motifs is 1. The van der Waals surface area contributed by atoms with E-state index in [-0.39, 0.29) is 11.9 Å². The lowest BCUT2D eigenvalue weighted by molar-refractivity contribution is -0.135. The molecule has 5 rings (SSSR count). The van der Waals surface area contributed by atoms with Crippen molar-refractivity contribution in [3.8, 4) is 0 Å². The monoisotopic (exact) mass is 448 g/mol. The molecule has 3 aromatic rings. The second kappa shape index (κ2) is 9.57. The van der Waals surface area contributed by atoms with Crippen LogP contribution in [0, 0.1) is 13.8 Å². The minimum absolute atomic E-state index is 0.190. The first-order chi connectivity index (χ1) is 16.1. The number of carbonyl (C=O) groups excluding carboxylic acids is 1. The Balaban J connectivity index is 1.34. The first-order valence-electron chi connectivity index (χ1n) is 11.9. The van der Waals surface area contributed by atoms with Crippen LogP contribution in [0.5, 0.6) is 0 Å². The van der Waals surface area contributed by atoms with E-state index in [1.165, 1.54) is 12.0 Å². The van der Waals surface area contributed by atoms with Crippen molar-refractivity contribution >= 4 is 11.6 Å². The molecule has 0 unspecified atom stereocenters. The summed E-state index contributed by atoms with van der Waals surface area (Å²) >= 11 is 0. The topological polar surface area (TPSA) is 75.9 Å². The van der Waals surface area contributed by atoms with Crippen LogP contribution in [0.4, 0.5) is 0 Å². The molecule has 0 saturated carbocycles. The van der Waals surface area contributed by atoms with E-state index < -0.39 is 0 Å². The van der Waals surface area contributed by atoms with E-state index in [1.807, 2.05) is 34.8 Å². The number of ether oxygens (including phenoxy) is 1. The fraction of sp³-hybridized carbons (Fsp3) is 0.520. The molecular weight excluding hydrogens is 416 g/mol. The molecule has 2 fully saturated rings. The average Bonchev–Trinajstić information content (AvgIpc) is 3.47. The summed E-state index contributed by atoms with van der Waals surface area (Å²) in [4.78, 5) is 26.1. The summed E-state index contributed by atoms with van der Waals surface area (Å²) in [6.45, 7) is 8.72. The number of hydrogen-bond acceptors (Lipinski definition) is 6. The molecule has 8 heteroatoms. The normalized spacial score (nSPS) is 19.5. The first-order valence-corrected chi connectivity index (χ1v) is 11.9. The van der Waals surface area contributed by atoms with E-state index in [0.717, 1.165) is 47.8 Å². The molecule has 1 atom stereocenters. The van der Waals surface area contributed by atoms with E-state index >= 15 is 0 Å². The zero-order valence-electron chi connectivity index (χ0n) is 19.5. The van der Waals surface area contributed by atoms with Crippen molar-refractivity contribution in [2.24, 2.45) is 0 Å². The van der Waals surface area contributed by atoms with Gasteiger partial charge in [0.25, 0.3) is 0 Å². The smallest absolute Gasteiger partial charge is 0.223 e. The molecule has 1 amide bonds. The molecule has 0 aromatic carbocycles. The van der Waals surface area contributed by atoms with Crippen LogP contribution >= 0.6 is 0 Å². The Labute approximate surface area is 194 Å². The van der Waals surface area contributed by atoms with E-state index in [4.69, 9.17) is 14.8 Å². The molecule has 2 saturated heterocycles. The van der Waals surface area contributed by atoms with Crippen molar-refractivity contribution in [1.29, 1.82) is 0 Å². The number of hydrogen-bond donors (Lipinski definition) is 0. The van der Waals surface area contributed by atoms with Gasteiger partial charge in [-0.3, -0.25) is 14.7 Å². The summed E-state index contributed by atoms with van der Waals surface area (Å²) in [5, 5.41) is 4.99. The van der Waals surface area contributed by atoms with E-state index in [1.54, 1.807) is 0 Å². The van der Waals surface area contributed by atoms with Crippen molar-refractivity contribution in [2.45, 2.75) is 52.1 Å². The van der Waals surface area contributed by atoms with Gasteiger partial charge in [0.1, 0.15) is 0 Å². The highest BCUT2D eigenvalue weighted by molar-refractivity contribution is 5.76. The van der Waals surface area contributed by atoms with Gasteiger partial charge in [-0.2, -0.15) is 5.10 Å². The maximum Gasteiger partial charge on any atom is 0.223 e. The molecule has 0 spiro atoms. The lowest BCUT2D eigenvalue weighted by atomic mass is 10.1. The third-order valence-electron chi connectivity index (χ3n) is 6.95. The van der Waals surface area contributed by atoms with Crippen LogP contribution in [0.25, 0.3) is 5.65 Å². The SMILES string of the molecule is Cc1nc2cc([C@H]3CCCN3Cc3cccnc3)nn2c(C)c1CCC(=O)N1CCOCC1. The van der Waals surface area contributed by atoms with E-state index in [2.05, 4.69) is 28.9 Å². The van der Waals surface area contributed by atoms with Gasteiger partial charge in [-0.25, -0.2) is 9.50 Å². The van der Waals surface area contributed by atoms with Crippen molar-refractivity contribution in [3.05, 3.63) is 58.8 Å². The van der Waals surface area contributed by atoms with Crippen LogP contribution in [0.15, 0.2) is 30.6 Å². The Bertz CT molecular complexity index is 1120. The van der Waals surface area contributed by atoms with Gasteiger partial charge in [-0.05, 0) is 56.8 Å². The van der Waals surface area contributed by atoms with Gasteiger partial charge in [0.05, 0.1) is 24.9 Å². The average molecular weight is 449 g/mol. The van der Waals surface area contributed by atoms with Crippen LogP contribution in [-0.4, -0.2) is 68.1 Å². The van der Waals surface area contributed by atoms with Gasteiger partial charge >= 0.3 is 0 Å². The fourth-order valence-corrected chi connectivity index (χ4v) is 5.15. The van der Waals surface area contributed by atoms with Gasteiger partial charge < -0.3 is 9.64 Å². The van der Waals surface area contributed by atoms with E-state index in [9.17, 15) is 4.79 Å². The van der Waals surface area contributed by atoms with Crippen molar-refractivity contribution in [1.82, 2.24) is 29.4 Å². The van der Waals surface area contributed by atoms with Crippen molar-refractivity contribution < 1.29 is 9.53 Å². The molecule has 0 N–H and O–H groups in total. The lowest BCUT2D eigenvalue weighted by Crippen LogP contribution is -2.40. The summed E-state index contributed by atoms with van der Waals surface area (Å²) in [6, 6.07) is 6.55. The number of aromatic nitrogens is 4. The number of rotatable bonds is 6. The van der Waals surface area contributed by atoms with E-state index in [0.29, 0.717) is 39.1 Å². The van der Waals surface area contributed by atoms with Crippen molar-refractivity contribution in [2.75, 3.05) is 32.8 Å². The van der Waals surface area contributed by atoms with Gasteiger partial charge in [0.2, 0.25) is 5.91 Å². The lowest BCUT2D eigenvalue weighted by Gasteiger charge is -2.27. The predicted octanol–water partition coefficient (Wildman–Crippen LogP) is 2.87. The molecule has 5 heterocycles. The largest absolute Gasteiger partial charge is 0.378 e. The third kappa shape index (κ3) is 4.63. The quantitative estimate of drug-likeness (QED) is 0.577. The summed E-state index contributed by atoms with van der Waals surface area (Å²) in [5.41, 5.74) is 6.38. The molecule has 33 heavy (non-hydrogen) atoms. The number of morpholine rings is 1. The maximum atomic E-state index is 12.6. The van der Waals surface area contributed by atoms with Gasteiger partial charge in [0, 0.05) is 55.9 Å². The van der Waals surface area contributed by atoms with Gasteiger partial charge in [-0.15, -0.1) is 0 Å². The zero-order valence-corrected chi connectivity index (χ0v) is 19.5. The van der Waals surface area contributed by atoms with Crippen LogP contribution < -0.4 is 0 Å². The summed E-state index contributed by atoms with van der Waals surface area (Å²) in [5.74, 6) is 0.190. The molecular formula is C25H32N6O2. The Hall–Kier alpha value is -2.84. The Morgan fingerprint density at radius 2 is 2.06 bits per heavy atom. The molecule has 2 aliphatic heterocycles. The highest BCUT2D eigenvalue weighted by atomic mass is 16.5. The minimum Gasteiger partial charge on any atom is -0.378 e. The number of pyridine rings is 1. The molecule has 8 nitrogen and oxygen atoms in total. The van der Waals surface area contributed by atoms with Crippen LogP contribution in [0.3, 0.4) is 0 Å². The predicted molar refractivity (Wildman–Crippen MR) is 125 cm³/mol. The Morgan fingerprint density at radius 3 is 2.85 bits per heavy atom. The van der Waals surface area contributed by atoms with Crippen molar-refractivity contribution in [3.63, 3.8) is 0 Å². The Morgan fingerprint density at radius 1 is 1.21 bits per heavy atom. The molecule has 3 aromatic heterocycles. The number of amides is 1. The molecule has 0 aliphatic carbocycles. The number of nitrogens with zero attached hydrogens (tertiary/aromatic N) is 6. The van der Waals surface area contributed by atoms with Crippen LogP contribution in [0.2, 0.25) is 0 Å². The van der Waals surface area contributed by atoms with Gasteiger partial charge in [-0.1, -0.05) is 6.07 Å². The molecule has 174 valence electrons. The second-order valence-corrected chi connectivity index (χ2v) is 9.08. The highest BCUT2D eigenvalue weighted by Gasteiger charge is 2.29. The third-order valence-corrected chi connectivity index (χ3v) is 6.95. The molecule has 0 bridgehead atoms. The number of carbonyl (C=O) groups is 1. The van der Waals surface area contributed by atoms with Gasteiger partial charge in [0.15, 0.2) is 5.65 Å². The Kier molecular flexibility index (Phi) is 6.37. The summed E-state index contributed by atoms with van der Waals surface area (Å²) in [6.07, 6.45) is 7.20. The summed E-state index contributed by atoms with van der Waals surface area (Å²) in [7, 11) is 0. The fourth-order valence-electron chi connectivity index (χ4n) is 5.15. The molecule has 0 radical (unpaired) electrons. The summed E-state index contributed by atoms with van der Waals surface area (Å²) < 4.78 is 7.33. The zero-order chi connectivity index (χ0) is 22.8. The standard InChI is InChI=1S/C25H32N6O2/c1-18-21(7-8-25(32)29-11-13-33-14-12-29)19(2)31-24(27-18)15-22(28-31)23-6-4-10-30(23)17-20-5-3-9-26-16-20/h3,5,9,15-16,23H,4,6-8,10-14,17H2,1-2H3/t23-/m1/s1. The first kappa shape index (κ1) is 22.0. The molecule has 2 aliphatic rings. The number of likely N-dealkylation sites (tertiary alicyclic amines) is 1. The second-order valence-electron chi connectivity index (χ2n) is 9.08. The minimum atomic E-state index is 0.190. The maximum absolute atomic E-state index is 12.6.